The van der Waals surface area contributed by atoms with Crippen molar-refractivity contribution < 1.29 is 14.0 Å². The molecule has 0 bridgehead atoms. The quantitative estimate of drug-likeness (QED) is 0.867. The van der Waals surface area contributed by atoms with Crippen molar-refractivity contribution in [2.24, 2.45) is 0 Å². The van der Waals surface area contributed by atoms with E-state index in [1.807, 2.05) is 0 Å². The summed E-state index contributed by atoms with van der Waals surface area (Å²) in [6.07, 6.45) is 0.753. The Bertz CT molecular complexity index is 710. The van der Waals surface area contributed by atoms with Gasteiger partial charge in [0.1, 0.15) is 18.1 Å². The maximum atomic E-state index is 13.2. The number of amides is 2. The molecule has 0 saturated carbocycles. The molecule has 2 amide bonds. The third-order valence-corrected chi connectivity index (χ3v) is 3.77. The summed E-state index contributed by atoms with van der Waals surface area (Å²) < 4.78 is 13.2. The summed E-state index contributed by atoms with van der Waals surface area (Å²) in [6, 6.07) is 5.95. The molecule has 1 fully saturated rings. The molecule has 1 N–H and O–H groups in total. The predicted molar refractivity (Wildman–Crippen MR) is 76.4 cm³/mol. The van der Waals surface area contributed by atoms with E-state index in [0.29, 0.717) is 29.7 Å². The zero-order chi connectivity index (χ0) is 15.0. The highest BCUT2D eigenvalue weighted by Crippen LogP contribution is 2.18. The van der Waals surface area contributed by atoms with E-state index in [-0.39, 0.29) is 24.2 Å². The minimum absolute atomic E-state index is 0.0667. The number of aromatic amines is 1. The Balaban J connectivity index is 1.87. The fourth-order valence-electron chi connectivity index (χ4n) is 2.55. The molecule has 0 aliphatic carbocycles. The largest absolute Gasteiger partial charge is 0.351 e. The summed E-state index contributed by atoms with van der Waals surface area (Å²) in [5, 5.41) is 0.650. The number of benzene rings is 1. The number of fused-ring (bicyclic) bond motifs is 1. The van der Waals surface area contributed by atoms with Crippen LogP contribution >= 0.6 is 0 Å². The fraction of sp³-hybridized carbons (Fsp3) is 0.333. The zero-order valence-corrected chi connectivity index (χ0v) is 11.7. The predicted octanol–water partition coefficient (Wildman–Crippen LogP) is 1.61. The maximum Gasteiger partial charge on any atom is 0.270 e. The van der Waals surface area contributed by atoms with Crippen LogP contribution in [0.25, 0.3) is 10.9 Å². The number of nitrogens with zero attached hydrogens (tertiary/aromatic N) is 2. The van der Waals surface area contributed by atoms with E-state index < -0.39 is 0 Å². The minimum Gasteiger partial charge on any atom is -0.351 e. The van der Waals surface area contributed by atoms with Crippen molar-refractivity contribution in [2.75, 3.05) is 26.7 Å². The first-order chi connectivity index (χ1) is 10.0. The van der Waals surface area contributed by atoms with Crippen LogP contribution in [0.1, 0.15) is 16.9 Å². The molecular weight excluding hydrogens is 273 g/mol. The van der Waals surface area contributed by atoms with E-state index in [1.54, 1.807) is 24.1 Å². The molecule has 6 heteroatoms. The maximum absolute atomic E-state index is 13.2. The molecule has 5 nitrogen and oxygen atoms in total. The van der Waals surface area contributed by atoms with Crippen LogP contribution < -0.4 is 0 Å². The number of hydrogen-bond acceptors (Lipinski definition) is 2. The lowest BCUT2D eigenvalue weighted by atomic mass is 10.2. The van der Waals surface area contributed by atoms with Crippen LogP contribution in [0.4, 0.5) is 4.39 Å². The molecule has 3 rings (SSSR count). The lowest BCUT2D eigenvalue weighted by Crippen LogP contribution is -2.38. The molecule has 2 heterocycles. The van der Waals surface area contributed by atoms with Gasteiger partial charge in [0.15, 0.2) is 0 Å². The standard InChI is InChI=1S/C15H16FN3O2/c1-18-5-2-6-19(9-14(18)20)15(21)13-8-10-7-11(16)3-4-12(10)17-13/h3-4,7-8,17H,2,5-6,9H2,1H3. The minimum atomic E-state index is -0.341. The number of carbonyl (C=O) groups is 2. The van der Waals surface area contributed by atoms with Crippen molar-refractivity contribution in [3.8, 4) is 0 Å². The van der Waals surface area contributed by atoms with Crippen molar-refractivity contribution in [3.05, 3.63) is 35.8 Å². The van der Waals surface area contributed by atoms with E-state index in [1.165, 1.54) is 17.0 Å². The summed E-state index contributed by atoms with van der Waals surface area (Å²) >= 11 is 0. The summed E-state index contributed by atoms with van der Waals surface area (Å²) in [6.45, 7) is 1.28. The summed E-state index contributed by atoms with van der Waals surface area (Å²) in [5.74, 6) is -0.634. The Morgan fingerprint density at radius 2 is 2.10 bits per heavy atom. The van der Waals surface area contributed by atoms with Gasteiger partial charge in [-0.05, 0) is 30.7 Å². The highest BCUT2D eigenvalue weighted by atomic mass is 19.1. The molecule has 1 aromatic heterocycles. The van der Waals surface area contributed by atoms with Gasteiger partial charge in [-0.3, -0.25) is 9.59 Å². The van der Waals surface area contributed by atoms with Gasteiger partial charge in [-0.15, -0.1) is 0 Å². The van der Waals surface area contributed by atoms with Crippen LogP contribution in [0.15, 0.2) is 24.3 Å². The van der Waals surface area contributed by atoms with E-state index in [0.717, 1.165) is 6.42 Å². The molecule has 1 aliphatic rings. The molecule has 21 heavy (non-hydrogen) atoms. The third kappa shape index (κ3) is 2.61. The van der Waals surface area contributed by atoms with Crippen LogP contribution in [0.3, 0.4) is 0 Å². The van der Waals surface area contributed by atoms with E-state index in [9.17, 15) is 14.0 Å². The third-order valence-electron chi connectivity index (χ3n) is 3.77. The fourth-order valence-corrected chi connectivity index (χ4v) is 2.55. The van der Waals surface area contributed by atoms with Crippen LogP contribution in [0.5, 0.6) is 0 Å². The highest BCUT2D eigenvalue weighted by Gasteiger charge is 2.24. The monoisotopic (exact) mass is 289 g/mol. The average molecular weight is 289 g/mol. The first-order valence-electron chi connectivity index (χ1n) is 6.86. The molecule has 0 unspecified atom stereocenters. The lowest BCUT2D eigenvalue weighted by molar-refractivity contribution is -0.129. The smallest absolute Gasteiger partial charge is 0.270 e. The van der Waals surface area contributed by atoms with Gasteiger partial charge in [-0.1, -0.05) is 0 Å². The Morgan fingerprint density at radius 3 is 2.90 bits per heavy atom. The van der Waals surface area contributed by atoms with Crippen LogP contribution in [0, 0.1) is 5.82 Å². The van der Waals surface area contributed by atoms with Crippen molar-refractivity contribution in [2.45, 2.75) is 6.42 Å². The molecule has 2 aromatic rings. The molecule has 110 valence electrons. The van der Waals surface area contributed by atoms with Crippen LogP contribution in [-0.4, -0.2) is 53.3 Å². The molecule has 1 saturated heterocycles. The molecule has 1 aromatic carbocycles. The number of likely N-dealkylation sites (N-methyl/N-ethyl adjacent to an activating group) is 1. The molecule has 0 spiro atoms. The van der Waals surface area contributed by atoms with Gasteiger partial charge in [0.05, 0.1) is 0 Å². The first kappa shape index (κ1) is 13.6. The molecule has 0 atom stereocenters. The molecule has 1 aliphatic heterocycles. The van der Waals surface area contributed by atoms with Gasteiger partial charge in [0.2, 0.25) is 5.91 Å². The van der Waals surface area contributed by atoms with E-state index in [4.69, 9.17) is 0 Å². The summed E-state index contributed by atoms with van der Waals surface area (Å²) in [4.78, 5) is 30.5. The van der Waals surface area contributed by atoms with Crippen molar-refractivity contribution in [1.82, 2.24) is 14.8 Å². The Morgan fingerprint density at radius 1 is 1.29 bits per heavy atom. The second-order valence-corrected chi connectivity index (χ2v) is 5.31. The van der Waals surface area contributed by atoms with Gasteiger partial charge < -0.3 is 14.8 Å². The first-order valence-corrected chi connectivity index (χ1v) is 6.86. The van der Waals surface area contributed by atoms with Gasteiger partial charge in [0.25, 0.3) is 5.91 Å². The normalized spacial score (nSPS) is 16.4. The van der Waals surface area contributed by atoms with Crippen LogP contribution in [-0.2, 0) is 4.79 Å². The van der Waals surface area contributed by atoms with Gasteiger partial charge in [-0.25, -0.2) is 4.39 Å². The van der Waals surface area contributed by atoms with E-state index in [2.05, 4.69) is 4.98 Å². The topological polar surface area (TPSA) is 56.4 Å². The van der Waals surface area contributed by atoms with Gasteiger partial charge in [0, 0.05) is 31.0 Å². The number of H-pyrrole nitrogens is 1. The van der Waals surface area contributed by atoms with Crippen molar-refractivity contribution >= 4 is 22.7 Å². The SMILES string of the molecule is CN1CCCN(C(=O)c2cc3cc(F)ccc3[nH]2)CC1=O. The van der Waals surface area contributed by atoms with Gasteiger partial charge >= 0.3 is 0 Å². The number of aromatic nitrogens is 1. The van der Waals surface area contributed by atoms with Crippen LogP contribution in [0.2, 0.25) is 0 Å². The van der Waals surface area contributed by atoms with E-state index >= 15 is 0 Å². The average Bonchev–Trinajstić information content (AvgIpc) is 2.80. The molecule has 0 radical (unpaired) electrons. The Kier molecular flexibility index (Phi) is 3.37. The highest BCUT2D eigenvalue weighted by molar-refractivity contribution is 5.99. The van der Waals surface area contributed by atoms with Crippen molar-refractivity contribution in [1.29, 1.82) is 0 Å². The summed E-state index contributed by atoms with van der Waals surface area (Å²) in [5.41, 5.74) is 1.09. The number of halogens is 1. The number of rotatable bonds is 1. The number of carbonyl (C=O) groups excluding carboxylic acids is 2. The number of nitrogens with one attached hydrogen (secondary N) is 1. The Labute approximate surface area is 121 Å². The van der Waals surface area contributed by atoms with Gasteiger partial charge in [-0.2, -0.15) is 0 Å². The summed E-state index contributed by atoms with van der Waals surface area (Å²) in [7, 11) is 1.74. The second-order valence-electron chi connectivity index (χ2n) is 5.31. The second kappa shape index (κ2) is 5.20. The molecular formula is C15H16FN3O2. The lowest BCUT2D eigenvalue weighted by Gasteiger charge is -2.18. The number of hydrogen-bond donors (Lipinski definition) is 1. The Hall–Kier alpha value is -2.37. The van der Waals surface area contributed by atoms with Crippen molar-refractivity contribution in [3.63, 3.8) is 0 Å². The zero-order valence-electron chi connectivity index (χ0n) is 11.7.